The van der Waals surface area contributed by atoms with Gasteiger partial charge in [0.25, 0.3) is 0 Å². The SMILES string of the molecule is [S-][n+]1ccc(SSc2cc[n+]([S-])cc2)cc1. The zero-order valence-corrected chi connectivity index (χ0v) is 11.4. The number of aromatic nitrogens is 2. The normalized spacial score (nSPS) is 10.2. The first-order chi connectivity index (χ1) is 7.74. The summed E-state index contributed by atoms with van der Waals surface area (Å²) in [4.78, 5) is 2.36. The highest BCUT2D eigenvalue weighted by molar-refractivity contribution is 8.76. The number of hydrogen-bond acceptors (Lipinski definition) is 4. The Morgan fingerprint density at radius 3 is 1.31 bits per heavy atom. The van der Waals surface area contributed by atoms with Crippen molar-refractivity contribution in [3.63, 3.8) is 0 Å². The van der Waals surface area contributed by atoms with Crippen LogP contribution in [0.15, 0.2) is 58.8 Å². The van der Waals surface area contributed by atoms with E-state index in [2.05, 4.69) is 0 Å². The summed E-state index contributed by atoms with van der Waals surface area (Å²) in [5.74, 6) is 0. The topological polar surface area (TPSA) is 7.76 Å². The third-order valence-corrected chi connectivity index (χ3v) is 4.68. The van der Waals surface area contributed by atoms with Crippen molar-refractivity contribution in [1.29, 1.82) is 0 Å². The second kappa shape index (κ2) is 5.67. The first-order valence-corrected chi connectivity index (χ1v) is 7.34. The molecule has 0 spiro atoms. The fourth-order valence-corrected chi connectivity index (χ4v) is 3.15. The second-order valence-corrected chi connectivity index (χ2v) is 6.07. The molecule has 2 rings (SSSR count). The van der Waals surface area contributed by atoms with Gasteiger partial charge in [0.15, 0.2) is 24.8 Å². The monoisotopic (exact) mass is 284 g/mol. The molecule has 0 bridgehead atoms. The molecule has 0 N–H and O–H groups in total. The van der Waals surface area contributed by atoms with Crippen LogP contribution in [0.2, 0.25) is 0 Å². The van der Waals surface area contributed by atoms with Gasteiger partial charge >= 0.3 is 0 Å². The minimum atomic E-state index is 1.18. The minimum Gasteiger partial charge on any atom is -0.427 e. The lowest BCUT2D eigenvalue weighted by molar-refractivity contribution is -0.493. The average Bonchev–Trinajstić information content (AvgIpc) is 2.30. The van der Waals surface area contributed by atoms with Crippen molar-refractivity contribution in [2.75, 3.05) is 0 Å². The summed E-state index contributed by atoms with van der Waals surface area (Å²) in [5, 5.41) is 0. The van der Waals surface area contributed by atoms with E-state index in [9.17, 15) is 0 Å². The fourth-order valence-electron chi connectivity index (χ4n) is 1.01. The summed E-state index contributed by atoms with van der Waals surface area (Å²) in [6.45, 7) is 0. The predicted octanol–water partition coefficient (Wildman–Crippen LogP) is 1.68. The van der Waals surface area contributed by atoms with Gasteiger partial charge in [0.05, 0.1) is 0 Å². The number of pyridine rings is 2. The second-order valence-electron chi connectivity index (χ2n) is 2.95. The molecule has 0 unspecified atom stereocenters. The highest BCUT2D eigenvalue weighted by Crippen LogP contribution is 2.36. The molecular weight excluding hydrogens is 276 g/mol. The van der Waals surface area contributed by atoms with E-state index in [1.807, 2.05) is 49.1 Å². The maximum absolute atomic E-state index is 4.95. The molecular formula is C10H8N2S4. The Bertz CT molecular complexity index is 410. The minimum absolute atomic E-state index is 1.18. The summed E-state index contributed by atoms with van der Waals surface area (Å²) in [6.07, 6.45) is 7.45. The maximum atomic E-state index is 4.95. The number of nitrogens with zero attached hydrogens (tertiary/aromatic N) is 2. The molecule has 2 aromatic rings. The van der Waals surface area contributed by atoms with Crippen LogP contribution in [-0.2, 0) is 25.6 Å². The third-order valence-electron chi connectivity index (χ3n) is 1.78. The van der Waals surface area contributed by atoms with E-state index in [0.717, 1.165) is 0 Å². The van der Waals surface area contributed by atoms with Crippen LogP contribution in [0.4, 0.5) is 0 Å². The first kappa shape index (κ1) is 11.9. The van der Waals surface area contributed by atoms with Crippen LogP contribution < -0.4 is 7.94 Å². The Balaban J connectivity index is 1.97. The van der Waals surface area contributed by atoms with Gasteiger partial charge in [-0.05, 0) is 0 Å². The molecule has 2 aromatic heterocycles. The van der Waals surface area contributed by atoms with Gasteiger partial charge in [-0.25, -0.2) is 0 Å². The Morgan fingerprint density at radius 1 is 0.688 bits per heavy atom. The lowest BCUT2D eigenvalue weighted by Gasteiger charge is -2.02. The molecule has 2 heterocycles. The smallest absolute Gasteiger partial charge is 0.154 e. The standard InChI is InChI=1S/C10H8N2S4/c13-11-5-1-9(2-6-11)15-16-10-3-7-12(14)8-4-10/h1-8H. The Labute approximate surface area is 114 Å². The highest BCUT2D eigenvalue weighted by Gasteiger charge is 1.99. The van der Waals surface area contributed by atoms with Gasteiger partial charge in [-0.1, -0.05) is 21.6 Å². The fraction of sp³-hybridized carbons (Fsp3) is 0. The van der Waals surface area contributed by atoms with E-state index in [0.29, 0.717) is 0 Å². The van der Waals surface area contributed by atoms with E-state index >= 15 is 0 Å². The Morgan fingerprint density at radius 2 is 1.00 bits per heavy atom. The van der Waals surface area contributed by atoms with Crippen molar-refractivity contribution in [2.24, 2.45) is 0 Å². The predicted molar refractivity (Wildman–Crippen MR) is 70.5 cm³/mol. The highest BCUT2D eigenvalue weighted by atomic mass is 33.1. The molecule has 6 heteroatoms. The zero-order valence-electron chi connectivity index (χ0n) is 8.15. The molecule has 0 amide bonds. The van der Waals surface area contributed by atoms with Gasteiger partial charge in [-0.2, -0.15) is 0 Å². The molecule has 0 aliphatic rings. The summed E-state index contributed by atoms with van der Waals surface area (Å²) >= 11 is 9.90. The lowest BCUT2D eigenvalue weighted by atomic mass is 10.5. The molecule has 0 aromatic carbocycles. The summed E-state index contributed by atoms with van der Waals surface area (Å²) in [7, 11) is 3.40. The summed E-state index contributed by atoms with van der Waals surface area (Å²) in [6, 6.07) is 8.00. The van der Waals surface area contributed by atoms with E-state index in [4.69, 9.17) is 25.6 Å². The van der Waals surface area contributed by atoms with Gasteiger partial charge in [0.1, 0.15) is 0 Å². The Hall–Kier alpha value is -0.560. The van der Waals surface area contributed by atoms with Crippen LogP contribution in [0.5, 0.6) is 0 Å². The van der Waals surface area contributed by atoms with E-state index in [-0.39, 0.29) is 0 Å². The average molecular weight is 284 g/mol. The van der Waals surface area contributed by atoms with Crippen molar-refractivity contribution < 1.29 is 7.94 Å². The van der Waals surface area contributed by atoms with E-state index in [1.54, 1.807) is 29.5 Å². The van der Waals surface area contributed by atoms with Gasteiger partial charge in [0.2, 0.25) is 0 Å². The van der Waals surface area contributed by atoms with Crippen LogP contribution in [0.25, 0.3) is 0 Å². The Kier molecular flexibility index (Phi) is 4.22. The van der Waals surface area contributed by atoms with Crippen LogP contribution in [0.3, 0.4) is 0 Å². The van der Waals surface area contributed by atoms with Crippen molar-refractivity contribution in [3.8, 4) is 0 Å². The van der Waals surface area contributed by atoms with E-state index in [1.165, 1.54) is 9.79 Å². The third kappa shape index (κ3) is 3.48. The van der Waals surface area contributed by atoms with Crippen LogP contribution in [0.1, 0.15) is 0 Å². The molecule has 82 valence electrons. The molecule has 0 saturated heterocycles. The van der Waals surface area contributed by atoms with Crippen LogP contribution >= 0.6 is 21.6 Å². The van der Waals surface area contributed by atoms with Gasteiger partial charge in [0, 0.05) is 34.1 Å². The van der Waals surface area contributed by atoms with Gasteiger partial charge < -0.3 is 33.6 Å². The molecule has 0 aliphatic carbocycles. The molecule has 0 radical (unpaired) electrons. The van der Waals surface area contributed by atoms with Crippen LogP contribution in [0, 0.1) is 0 Å². The lowest BCUT2D eigenvalue weighted by Crippen LogP contribution is -2.23. The maximum Gasteiger partial charge on any atom is 0.154 e. The summed E-state index contributed by atoms with van der Waals surface area (Å²) < 4.78 is 3.22. The molecule has 0 saturated carbocycles. The molecule has 0 atom stereocenters. The quantitative estimate of drug-likeness (QED) is 0.481. The number of rotatable bonds is 3. The first-order valence-electron chi connectivity index (χ1n) is 4.46. The van der Waals surface area contributed by atoms with Gasteiger partial charge in [-0.3, -0.25) is 0 Å². The van der Waals surface area contributed by atoms with Gasteiger partial charge in [-0.15, -0.1) is 0 Å². The summed E-state index contributed by atoms with van der Waals surface area (Å²) in [5.41, 5.74) is 0. The van der Waals surface area contributed by atoms with Crippen molar-refractivity contribution in [1.82, 2.24) is 0 Å². The zero-order chi connectivity index (χ0) is 11.4. The van der Waals surface area contributed by atoms with Crippen molar-refractivity contribution in [3.05, 3.63) is 49.1 Å². The molecule has 2 nitrogen and oxygen atoms in total. The number of hydrogen-bond donors (Lipinski definition) is 0. The van der Waals surface area contributed by atoms with Crippen LogP contribution in [-0.4, -0.2) is 0 Å². The molecule has 16 heavy (non-hydrogen) atoms. The molecule has 0 fully saturated rings. The van der Waals surface area contributed by atoms with Crippen molar-refractivity contribution in [2.45, 2.75) is 9.79 Å². The van der Waals surface area contributed by atoms with Crippen molar-refractivity contribution >= 4 is 47.2 Å². The molecule has 0 aliphatic heterocycles. The van der Waals surface area contributed by atoms with E-state index < -0.39 is 0 Å². The largest absolute Gasteiger partial charge is 0.427 e.